The van der Waals surface area contributed by atoms with Gasteiger partial charge in [-0.15, -0.1) is 0 Å². The van der Waals surface area contributed by atoms with Crippen LogP contribution in [0, 0.1) is 12.8 Å². The van der Waals surface area contributed by atoms with Crippen LogP contribution >= 0.6 is 15.9 Å². The summed E-state index contributed by atoms with van der Waals surface area (Å²) < 4.78 is 34.9. The van der Waals surface area contributed by atoms with Gasteiger partial charge in [-0.2, -0.15) is 0 Å². The van der Waals surface area contributed by atoms with Crippen LogP contribution in [0.15, 0.2) is 82.2 Å². The third-order valence-corrected chi connectivity index (χ3v) is 8.97. The second kappa shape index (κ2) is 14.5. The number of carbonyl (C=O) groups excluding carboxylic acids is 2. The second-order valence-corrected chi connectivity index (χ2v) is 12.9. The fourth-order valence-corrected chi connectivity index (χ4v) is 6.43. The van der Waals surface area contributed by atoms with Crippen molar-refractivity contribution in [3.63, 3.8) is 0 Å². The van der Waals surface area contributed by atoms with E-state index in [4.69, 9.17) is 4.74 Å². The number of rotatable bonds is 13. The molecule has 0 fully saturated rings. The molecule has 41 heavy (non-hydrogen) atoms. The van der Waals surface area contributed by atoms with Crippen LogP contribution in [0.3, 0.4) is 0 Å². The first-order valence-corrected chi connectivity index (χ1v) is 15.7. The first-order valence-electron chi connectivity index (χ1n) is 13.5. The molecular weight excluding hydrogens is 606 g/mol. The molecule has 3 rings (SSSR count). The van der Waals surface area contributed by atoms with Crippen LogP contribution in [0.1, 0.15) is 38.3 Å². The van der Waals surface area contributed by atoms with E-state index in [0.29, 0.717) is 28.9 Å². The number of nitrogens with zero attached hydrogens (tertiary/aromatic N) is 2. The molecule has 2 amide bonds. The Kier molecular flexibility index (Phi) is 11.4. The number of carbonyl (C=O) groups is 2. The second-order valence-electron chi connectivity index (χ2n) is 10.2. The number of anilines is 1. The lowest BCUT2D eigenvalue weighted by atomic mass is 10.1. The van der Waals surface area contributed by atoms with E-state index in [1.165, 1.54) is 24.1 Å². The van der Waals surface area contributed by atoms with Gasteiger partial charge in [-0.05, 0) is 71.1 Å². The Bertz CT molecular complexity index is 1430. The lowest BCUT2D eigenvalue weighted by Crippen LogP contribution is -2.52. The van der Waals surface area contributed by atoms with E-state index in [2.05, 4.69) is 21.2 Å². The Balaban J connectivity index is 2.05. The minimum Gasteiger partial charge on any atom is -0.496 e. The summed E-state index contributed by atoms with van der Waals surface area (Å²) in [5.41, 5.74) is 2.12. The van der Waals surface area contributed by atoms with Gasteiger partial charge < -0.3 is 15.0 Å². The van der Waals surface area contributed by atoms with E-state index >= 15 is 0 Å². The van der Waals surface area contributed by atoms with Crippen molar-refractivity contribution in [2.75, 3.05) is 24.5 Å². The molecule has 1 atom stereocenters. The van der Waals surface area contributed by atoms with Crippen molar-refractivity contribution in [3.05, 3.63) is 88.4 Å². The van der Waals surface area contributed by atoms with Crippen LogP contribution in [0.4, 0.5) is 5.69 Å². The molecule has 0 saturated carbocycles. The summed E-state index contributed by atoms with van der Waals surface area (Å²) in [7, 11) is -2.70. The number of amides is 2. The monoisotopic (exact) mass is 643 g/mol. The first-order chi connectivity index (χ1) is 19.5. The maximum atomic E-state index is 14.1. The van der Waals surface area contributed by atoms with Crippen molar-refractivity contribution in [2.24, 2.45) is 5.92 Å². The van der Waals surface area contributed by atoms with E-state index in [1.807, 2.05) is 58.0 Å². The summed E-state index contributed by atoms with van der Waals surface area (Å²) in [4.78, 5) is 28.8. The Morgan fingerprint density at radius 2 is 1.66 bits per heavy atom. The van der Waals surface area contributed by atoms with Gasteiger partial charge in [0, 0.05) is 13.1 Å². The Labute approximate surface area is 251 Å². The van der Waals surface area contributed by atoms with Crippen LogP contribution in [0.2, 0.25) is 0 Å². The number of hydrogen-bond acceptors (Lipinski definition) is 5. The van der Waals surface area contributed by atoms with Gasteiger partial charge >= 0.3 is 0 Å². The molecule has 0 aliphatic rings. The minimum atomic E-state index is -4.19. The number of hydrogen-bond donors (Lipinski definition) is 1. The number of aryl methyl sites for hydroxylation is 1. The highest BCUT2D eigenvalue weighted by molar-refractivity contribution is 9.10. The molecule has 0 radical (unpaired) electrons. The molecule has 1 N–H and O–H groups in total. The number of ether oxygens (including phenoxy) is 1. The fourth-order valence-electron chi connectivity index (χ4n) is 4.30. The lowest BCUT2D eigenvalue weighted by Gasteiger charge is -2.33. The first kappa shape index (κ1) is 32.1. The average Bonchev–Trinajstić information content (AvgIpc) is 2.95. The topological polar surface area (TPSA) is 96.0 Å². The van der Waals surface area contributed by atoms with Crippen molar-refractivity contribution < 1.29 is 22.7 Å². The van der Waals surface area contributed by atoms with Gasteiger partial charge in [0.1, 0.15) is 18.3 Å². The molecule has 0 bridgehead atoms. The summed E-state index contributed by atoms with van der Waals surface area (Å²) in [6, 6.07) is 20.0. The van der Waals surface area contributed by atoms with Crippen LogP contribution in [0.5, 0.6) is 5.75 Å². The van der Waals surface area contributed by atoms with Gasteiger partial charge in [-0.1, -0.05) is 68.8 Å². The zero-order valence-electron chi connectivity index (χ0n) is 24.1. The quantitative estimate of drug-likeness (QED) is 0.264. The van der Waals surface area contributed by atoms with Crippen molar-refractivity contribution in [1.82, 2.24) is 10.2 Å². The standard InChI is InChI=1S/C31H38BrN3O5S/c1-6-28(31(37)33-19-22(2)3)34(20-24-10-8-7-9-11-24)30(36)21-35(25-14-12-23(4)13-15-25)41(38,39)26-16-17-29(40-5)27(32)18-26/h7-18,22,28H,6,19-21H2,1-5H3,(H,33,37)/t28-/m0/s1. The Morgan fingerprint density at radius 3 is 2.22 bits per heavy atom. The highest BCUT2D eigenvalue weighted by Crippen LogP contribution is 2.31. The minimum absolute atomic E-state index is 0.00474. The highest BCUT2D eigenvalue weighted by Gasteiger charge is 2.34. The van der Waals surface area contributed by atoms with Gasteiger partial charge in [-0.3, -0.25) is 13.9 Å². The predicted octanol–water partition coefficient (Wildman–Crippen LogP) is 5.54. The van der Waals surface area contributed by atoms with Gasteiger partial charge in [0.2, 0.25) is 11.8 Å². The molecule has 0 aliphatic heterocycles. The van der Waals surface area contributed by atoms with E-state index in [9.17, 15) is 18.0 Å². The lowest BCUT2D eigenvalue weighted by molar-refractivity contribution is -0.140. The SMILES string of the molecule is CC[C@@H](C(=O)NCC(C)C)N(Cc1ccccc1)C(=O)CN(c1ccc(C)cc1)S(=O)(=O)c1ccc(OC)c(Br)c1. The summed E-state index contributed by atoms with van der Waals surface area (Å²) in [5.74, 6) is -0.0405. The molecule has 3 aromatic rings. The third kappa shape index (κ3) is 8.33. The van der Waals surface area contributed by atoms with Crippen molar-refractivity contribution in [3.8, 4) is 5.75 Å². The van der Waals surface area contributed by atoms with Crippen molar-refractivity contribution >= 4 is 43.5 Å². The molecule has 0 aromatic heterocycles. The maximum Gasteiger partial charge on any atom is 0.264 e. The molecule has 0 saturated heterocycles. The van der Waals surface area contributed by atoms with Gasteiger partial charge in [0.25, 0.3) is 10.0 Å². The Morgan fingerprint density at radius 1 is 1.00 bits per heavy atom. The smallest absolute Gasteiger partial charge is 0.264 e. The normalized spacial score (nSPS) is 12.1. The van der Waals surface area contributed by atoms with Crippen LogP contribution in [-0.4, -0.2) is 51.4 Å². The van der Waals surface area contributed by atoms with Gasteiger partial charge in [0.15, 0.2) is 0 Å². The van der Waals surface area contributed by atoms with Crippen molar-refractivity contribution in [2.45, 2.75) is 51.6 Å². The number of methoxy groups -OCH3 is 1. The summed E-state index contributed by atoms with van der Waals surface area (Å²) in [6.07, 6.45) is 0.366. The molecule has 3 aromatic carbocycles. The van der Waals surface area contributed by atoms with E-state index in [-0.39, 0.29) is 23.3 Å². The summed E-state index contributed by atoms with van der Waals surface area (Å²) in [5, 5.41) is 2.94. The van der Waals surface area contributed by atoms with E-state index in [0.717, 1.165) is 15.4 Å². The highest BCUT2D eigenvalue weighted by atomic mass is 79.9. The molecular formula is C31H38BrN3O5S. The van der Waals surface area contributed by atoms with E-state index in [1.54, 1.807) is 30.3 Å². The molecule has 8 nitrogen and oxygen atoms in total. The molecule has 0 spiro atoms. The summed E-state index contributed by atoms with van der Waals surface area (Å²) in [6.45, 7) is 7.87. The van der Waals surface area contributed by atoms with Crippen LogP contribution in [0.25, 0.3) is 0 Å². The van der Waals surface area contributed by atoms with E-state index < -0.39 is 28.5 Å². The Hall–Kier alpha value is -3.37. The fraction of sp³-hybridized carbons (Fsp3) is 0.355. The zero-order valence-corrected chi connectivity index (χ0v) is 26.5. The predicted molar refractivity (Wildman–Crippen MR) is 165 cm³/mol. The number of benzene rings is 3. The zero-order chi connectivity index (χ0) is 30.2. The van der Waals surface area contributed by atoms with Crippen LogP contribution < -0.4 is 14.4 Å². The largest absolute Gasteiger partial charge is 0.496 e. The summed E-state index contributed by atoms with van der Waals surface area (Å²) >= 11 is 3.37. The maximum absolute atomic E-state index is 14.1. The molecule has 220 valence electrons. The molecule has 0 aliphatic carbocycles. The van der Waals surface area contributed by atoms with Crippen molar-refractivity contribution in [1.29, 1.82) is 0 Å². The number of halogens is 1. The molecule has 0 heterocycles. The molecule has 0 unspecified atom stereocenters. The van der Waals surface area contributed by atoms with Gasteiger partial charge in [-0.25, -0.2) is 8.42 Å². The number of nitrogens with one attached hydrogen (secondary N) is 1. The van der Waals surface area contributed by atoms with Gasteiger partial charge in [0.05, 0.1) is 22.2 Å². The molecule has 10 heteroatoms. The van der Waals surface area contributed by atoms with Crippen LogP contribution in [-0.2, 0) is 26.2 Å². The average molecular weight is 645 g/mol. The third-order valence-electron chi connectivity index (χ3n) is 6.58. The number of sulfonamides is 1.